The molecular formula is C21H29N5O3. The maximum atomic E-state index is 13.1. The van der Waals surface area contributed by atoms with Gasteiger partial charge in [0.1, 0.15) is 5.82 Å². The van der Waals surface area contributed by atoms with Gasteiger partial charge in [0.25, 0.3) is 0 Å². The van der Waals surface area contributed by atoms with E-state index in [9.17, 15) is 4.79 Å². The van der Waals surface area contributed by atoms with Gasteiger partial charge in [-0.3, -0.25) is 0 Å². The van der Waals surface area contributed by atoms with Crippen molar-refractivity contribution in [1.29, 1.82) is 0 Å². The maximum absolute atomic E-state index is 13.1. The molecule has 8 heteroatoms. The lowest BCUT2D eigenvalue weighted by molar-refractivity contribution is 0.183. The Hall–Kier alpha value is -2.77. The molecule has 2 aliphatic rings. The number of carbonyl (C=O) groups is 1. The molecule has 1 atom stereocenters. The normalized spacial score (nSPS) is 16.4. The predicted octanol–water partition coefficient (Wildman–Crippen LogP) is 2.71. The molecule has 2 aromatic rings. The fourth-order valence-corrected chi connectivity index (χ4v) is 4.21. The summed E-state index contributed by atoms with van der Waals surface area (Å²) in [5.41, 5.74) is 2.29. The molecule has 0 fully saturated rings. The number of nitrogens with one attached hydrogen (secondary N) is 1. The van der Waals surface area contributed by atoms with Crippen molar-refractivity contribution in [2.24, 2.45) is 5.92 Å². The van der Waals surface area contributed by atoms with Crippen LogP contribution in [0.3, 0.4) is 0 Å². The van der Waals surface area contributed by atoms with E-state index in [0.717, 1.165) is 48.8 Å². The highest BCUT2D eigenvalue weighted by atomic mass is 16.5. The van der Waals surface area contributed by atoms with Crippen molar-refractivity contribution in [3.05, 3.63) is 34.9 Å². The molecule has 0 aliphatic carbocycles. The molecule has 2 amide bonds. The molecule has 3 heterocycles. The number of benzene rings is 1. The summed E-state index contributed by atoms with van der Waals surface area (Å²) in [5, 5.41) is 11.9. The van der Waals surface area contributed by atoms with Crippen LogP contribution in [-0.2, 0) is 25.9 Å². The van der Waals surface area contributed by atoms with Crippen LogP contribution in [0, 0.1) is 5.92 Å². The van der Waals surface area contributed by atoms with Crippen LogP contribution in [0.4, 0.5) is 4.79 Å². The monoisotopic (exact) mass is 399 g/mol. The van der Waals surface area contributed by atoms with Crippen molar-refractivity contribution < 1.29 is 14.3 Å². The van der Waals surface area contributed by atoms with Crippen molar-refractivity contribution in [3.8, 4) is 11.5 Å². The Bertz CT molecular complexity index is 908. The third-order valence-corrected chi connectivity index (χ3v) is 5.87. The molecule has 1 aromatic carbocycles. The molecule has 1 aromatic heterocycles. The minimum Gasteiger partial charge on any atom is -0.493 e. The number of nitrogens with zero attached hydrogens (tertiary/aromatic N) is 4. The van der Waals surface area contributed by atoms with Crippen LogP contribution in [0.2, 0.25) is 0 Å². The van der Waals surface area contributed by atoms with Gasteiger partial charge < -0.3 is 24.3 Å². The van der Waals surface area contributed by atoms with Gasteiger partial charge in [0, 0.05) is 26.1 Å². The van der Waals surface area contributed by atoms with E-state index in [1.54, 1.807) is 14.2 Å². The van der Waals surface area contributed by atoms with Gasteiger partial charge in [0.05, 0.1) is 20.3 Å². The van der Waals surface area contributed by atoms with E-state index >= 15 is 0 Å². The van der Waals surface area contributed by atoms with Crippen LogP contribution in [0.1, 0.15) is 49.1 Å². The number of urea groups is 1. The average Bonchev–Trinajstić information content (AvgIpc) is 3.34. The zero-order chi connectivity index (χ0) is 20.5. The highest BCUT2D eigenvalue weighted by Crippen LogP contribution is 2.33. The lowest BCUT2D eigenvalue weighted by atomic mass is 9.99. The minimum atomic E-state index is -0.159. The van der Waals surface area contributed by atoms with Gasteiger partial charge >= 0.3 is 6.03 Å². The first-order valence-electron chi connectivity index (χ1n) is 10.2. The summed E-state index contributed by atoms with van der Waals surface area (Å²) in [6.45, 7) is 6.34. The van der Waals surface area contributed by atoms with E-state index in [1.807, 2.05) is 17.0 Å². The quantitative estimate of drug-likeness (QED) is 0.836. The molecule has 156 valence electrons. The molecule has 1 unspecified atom stereocenters. The summed E-state index contributed by atoms with van der Waals surface area (Å²) in [6.07, 6.45) is 2.83. The standard InChI is InChI=1S/C21H29N5O3/c1-13(2)19(20-24-23-18-6-5-8-26(18)20)22-21(27)25-9-7-14-10-16(28-3)17(29-4)11-15(14)12-25/h10-11,13,19H,5-9,12H2,1-4H3,(H,22,27). The van der Waals surface area contributed by atoms with Crippen molar-refractivity contribution in [2.45, 2.75) is 52.2 Å². The van der Waals surface area contributed by atoms with Crippen LogP contribution in [-0.4, -0.2) is 46.5 Å². The molecule has 29 heavy (non-hydrogen) atoms. The third-order valence-electron chi connectivity index (χ3n) is 5.87. The lowest BCUT2D eigenvalue weighted by Gasteiger charge is -2.32. The Morgan fingerprint density at radius 3 is 2.48 bits per heavy atom. The fraction of sp³-hybridized carbons (Fsp3) is 0.571. The molecule has 1 N–H and O–H groups in total. The summed E-state index contributed by atoms with van der Waals surface area (Å²) in [5.74, 6) is 3.52. The summed E-state index contributed by atoms with van der Waals surface area (Å²) in [4.78, 5) is 14.9. The summed E-state index contributed by atoms with van der Waals surface area (Å²) in [7, 11) is 3.27. The molecule has 0 saturated carbocycles. The number of rotatable bonds is 5. The van der Waals surface area contributed by atoms with Crippen molar-refractivity contribution in [3.63, 3.8) is 0 Å². The second kappa shape index (κ2) is 7.93. The number of amides is 2. The first kappa shape index (κ1) is 19.5. The maximum Gasteiger partial charge on any atom is 0.318 e. The van der Waals surface area contributed by atoms with Gasteiger partial charge in [-0.15, -0.1) is 10.2 Å². The topological polar surface area (TPSA) is 81.5 Å². The number of aromatic nitrogens is 3. The van der Waals surface area contributed by atoms with Crippen LogP contribution in [0.5, 0.6) is 11.5 Å². The molecular weight excluding hydrogens is 370 g/mol. The van der Waals surface area contributed by atoms with Crippen LogP contribution in [0.25, 0.3) is 0 Å². The van der Waals surface area contributed by atoms with Gasteiger partial charge in [0.2, 0.25) is 0 Å². The largest absolute Gasteiger partial charge is 0.493 e. The summed E-state index contributed by atoms with van der Waals surface area (Å²) >= 11 is 0. The van der Waals surface area contributed by atoms with Gasteiger partial charge in [-0.2, -0.15) is 0 Å². The molecule has 0 spiro atoms. The molecule has 0 radical (unpaired) electrons. The van der Waals surface area contributed by atoms with E-state index in [0.29, 0.717) is 18.8 Å². The summed E-state index contributed by atoms with van der Waals surface area (Å²) < 4.78 is 13.0. The molecule has 2 aliphatic heterocycles. The number of methoxy groups -OCH3 is 2. The number of ether oxygens (including phenoxy) is 2. The SMILES string of the molecule is COc1cc2c(cc1OC)CN(C(=O)NC(c1nnc3n1CCC3)C(C)C)CC2. The molecule has 4 rings (SSSR count). The molecule has 8 nitrogen and oxygen atoms in total. The van der Waals surface area contributed by atoms with E-state index in [-0.39, 0.29) is 18.0 Å². The Morgan fingerprint density at radius 2 is 1.79 bits per heavy atom. The number of carbonyl (C=O) groups excluding carboxylic acids is 1. The van der Waals surface area contributed by atoms with E-state index in [4.69, 9.17) is 9.47 Å². The van der Waals surface area contributed by atoms with Gasteiger partial charge in [-0.25, -0.2) is 4.79 Å². The van der Waals surface area contributed by atoms with Crippen LogP contribution in [0.15, 0.2) is 12.1 Å². The number of fused-ring (bicyclic) bond motifs is 2. The number of hydrogen-bond donors (Lipinski definition) is 1. The first-order valence-corrected chi connectivity index (χ1v) is 10.2. The third kappa shape index (κ3) is 3.63. The first-order chi connectivity index (χ1) is 14.0. The second-order valence-electron chi connectivity index (χ2n) is 8.05. The van der Waals surface area contributed by atoms with Gasteiger partial charge in [-0.1, -0.05) is 13.8 Å². The Kier molecular flexibility index (Phi) is 5.34. The Labute approximate surface area is 171 Å². The van der Waals surface area contributed by atoms with E-state index < -0.39 is 0 Å². The molecule has 0 bridgehead atoms. The lowest BCUT2D eigenvalue weighted by Crippen LogP contribution is -2.45. The van der Waals surface area contributed by atoms with Crippen LogP contribution < -0.4 is 14.8 Å². The van der Waals surface area contributed by atoms with E-state index in [2.05, 4.69) is 33.9 Å². The van der Waals surface area contributed by atoms with E-state index in [1.165, 1.54) is 5.56 Å². The summed E-state index contributed by atoms with van der Waals surface area (Å²) in [6, 6.07) is 3.76. The van der Waals surface area contributed by atoms with Crippen LogP contribution >= 0.6 is 0 Å². The zero-order valence-corrected chi connectivity index (χ0v) is 17.6. The highest BCUT2D eigenvalue weighted by Gasteiger charge is 2.30. The number of hydrogen-bond acceptors (Lipinski definition) is 5. The highest BCUT2D eigenvalue weighted by molar-refractivity contribution is 5.75. The fourth-order valence-electron chi connectivity index (χ4n) is 4.21. The van der Waals surface area contributed by atoms with Gasteiger partial charge in [-0.05, 0) is 42.0 Å². The van der Waals surface area contributed by atoms with Crippen molar-refractivity contribution in [2.75, 3.05) is 20.8 Å². The van der Waals surface area contributed by atoms with Crippen molar-refractivity contribution >= 4 is 6.03 Å². The molecule has 0 saturated heterocycles. The number of aryl methyl sites for hydroxylation is 1. The predicted molar refractivity (Wildman–Crippen MR) is 108 cm³/mol. The second-order valence-corrected chi connectivity index (χ2v) is 8.05. The Morgan fingerprint density at radius 1 is 1.07 bits per heavy atom. The smallest absolute Gasteiger partial charge is 0.318 e. The average molecular weight is 399 g/mol. The zero-order valence-electron chi connectivity index (χ0n) is 17.6. The van der Waals surface area contributed by atoms with Gasteiger partial charge in [0.15, 0.2) is 17.3 Å². The Balaban J connectivity index is 1.51. The minimum absolute atomic E-state index is 0.0699. The van der Waals surface area contributed by atoms with Crippen molar-refractivity contribution in [1.82, 2.24) is 25.0 Å².